The second-order valence-corrected chi connectivity index (χ2v) is 5.18. The van der Waals surface area contributed by atoms with Crippen molar-refractivity contribution in [3.63, 3.8) is 0 Å². The van der Waals surface area contributed by atoms with Crippen LogP contribution in [0.2, 0.25) is 0 Å². The molecule has 15 heavy (non-hydrogen) atoms. The van der Waals surface area contributed by atoms with Crippen LogP contribution in [0, 0.1) is 0 Å². The van der Waals surface area contributed by atoms with E-state index in [9.17, 15) is 4.79 Å². The summed E-state index contributed by atoms with van der Waals surface area (Å²) in [6.45, 7) is 2.16. The quantitative estimate of drug-likeness (QED) is 0.695. The first kappa shape index (κ1) is 10.9. The molecule has 2 fully saturated rings. The molecule has 1 saturated carbocycles. The second kappa shape index (κ2) is 4.10. The predicted octanol–water partition coefficient (Wildman–Crippen LogP) is 0.0782. The maximum Gasteiger partial charge on any atom is 0.222 e. The number of piperidine rings is 1. The van der Waals surface area contributed by atoms with E-state index in [-0.39, 0.29) is 11.4 Å². The normalized spacial score (nSPS) is 26.3. The topological polar surface area (TPSA) is 58.4 Å². The number of hydrogen-bond acceptors (Lipinski definition) is 3. The van der Waals surface area contributed by atoms with Crippen molar-refractivity contribution >= 4 is 5.91 Å². The lowest BCUT2D eigenvalue weighted by atomic mass is 10.0. The fraction of sp³-hybridized carbons (Fsp3) is 0.909. The van der Waals surface area contributed by atoms with Gasteiger partial charge in [-0.05, 0) is 45.8 Å². The summed E-state index contributed by atoms with van der Waals surface area (Å²) < 4.78 is 0. The van der Waals surface area contributed by atoms with Crippen LogP contribution in [0.3, 0.4) is 0 Å². The van der Waals surface area contributed by atoms with Gasteiger partial charge in [-0.3, -0.25) is 4.79 Å². The Kier molecular flexibility index (Phi) is 2.98. The van der Waals surface area contributed by atoms with Crippen molar-refractivity contribution in [2.45, 2.75) is 43.7 Å². The number of nitrogens with two attached hydrogens (primary N) is 1. The molecule has 1 saturated heterocycles. The van der Waals surface area contributed by atoms with Crippen LogP contribution in [0.1, 0.15) is 32.1 Å². The molecule has 0 aromatic rings. The van der Waals surface area contributed by atoms with Gasteiger partial charge in [0.1, 0.15) is 0 Å². The minimum Gasteiger partial charge on any atom is -0.353 e. The summed E-state index contributed by atoms with van der Waals surface area (Å²) >= 11 is 0. The number of amides is 1. The van der Waals surface area contributed by atoms with Gasteiger partial charge in [0.05, 0.1) is 0 Å². The van der Waals surface area contributed by atoms with Gasteiger partial charge in [-0.25, -0.2) is 0 Å². The Morgan fingerprint density at radius 3 is 2.60 bits per heavy atom. The molecule has 86 valence electrons. The highest BCUT2D eigenvalue weighted by atomic mass is 16.1. The summed E-state index contributed by atoms with van der Waals surface area (Å²) in [5.41, 5.74) is 5.75. The minimum atomic E-state index is -0.157. The monoisotopic (exact) mass is 211 g/mol. The van der Waals surface area contributed by atoms with Gasteiger partial charge in [-0.2, -0.15) is 0 Å². The zero-order chi connectivity index (χ0) is 10.9. The largest absolute Gasteiger partial charge is 0.353 e. The summed E-state index contributed by atoms with van der Waals surface area (Å²) in [5, 5.41) is 3.09. The number of hydrogen-bond donors (Lipinski definition) is 2. The third-order valence-corrected chi connectivity index (χ3v) is 3.49. The van der Waals surface area contributed by atoms with E-state index < -0.39 is 0 Å². The third-order valence-electron chi connectivity index (χ3n) is 3.49. The van der Waals surface area contributed by atoms with E-state index in [1.54, 1.807) is 0 Å². The Hall–Kier alpha value is -0.610. The standard InChI is InChI=1S/C11H21N3O/c1-14-6-2-9(3-7-14)13-10(15)8-11(12)4-5-11/h9H,2-8,12H2,1H3,(H,13,15). The third kappa shape index (κ3) is 3.18. The average Bonchev–Trinajstić information content (AvgIpc) is 2.87. The molecule has 1 aliphatic carbocycles. The van der Waals surface area contributed by atoms with Crippen LogP contribution < -0.4 is 11.1 Å². The molecular formula is C11H21N3O. The molecule has 0 radical (unpaired) electrons. The van der Waals surface area contributed by atoms with E-state index in [1.165, 1.54) is 0 Å². The zero-order valence-corrected chi connectivity index (χ0v) is 9.46. The Labute approximate surface area is 91.2 Å². The summed E-state index contributed by atoms with van der Waals surface area (Å²) in [6.07, 6.45) is 4.67. The van der Waals surface area contributed by atoms with Crippen molar-refractivity contribution in [2.75, 3.05) is 20.1 Å². The summed E-state index contributed by atoms with van der Waals surface area (Å²) in [6, 6.07) is 0.371. The second-order valence-electron chi connectivity index (χ2n) is 5.18. The van der Waals surface area contributed by atoms with Crippen LogP contribution in [-0.4, -0.2) is 42.5 Å². The van der Waals surface area contributed by atoms with Gasteiger partial charge in [-0.1, -0.05) is 0 Å². The summed E-state index contributed by atoms with van der Waals surface area (Å²) in [4.78, 5) is 13.9. The molecule has 4 heteroatoms. The first-order chi connectivity index (χ1) is 7.07. The van der Waals surface area contributed by atoms with Gasteiger partial charge in [0.2, 0.25) is 5.91 Å². The van der Waals surface area contributed by atoms with Crippen LogP contribution >= 0.6 is 0 Å². The van der Waals surface area contributed by atoms with E-state index >= 15 is 0 Å². The Balaban J connectivity index is 1.70. The fourth-order valence-electron chi connectivity index (χ4n) is 2.09. The molecule has 1 heterocycles. The molecule has 1 aliphatic heterocycles. The SMILES string of the molecule is CN1CCC(NC(=O)CC2(N)CC2)CC1. The van der Waals surface area contributed by atoms with Crippen LogP contribution in [0.4, 0.5) is 0 Å². The van der Waals surface area contributed by atoms with Gasteiger partial charge in [0.15, 0.2) is 0 Å². The number of carbonyl (C=O) groups is 1. The molecule has 0 aromatic carbocycles. The van der Waals surface area contributed by atoms with Crippen molar-refractivity contribution < 1.29 is 4.79 Å². The van der Waals surface area contributed by atoms with Crippen molar-refractivity contribution in [1.82, 2.24) is 10.2 Å². The first-order valence-electron chi connectivity index (χ1n) is 5.84. The molecule has 3 N–H and O–H groups in total. The number of likely N-dealkylation sites (tertiary alicyclic amines) is 1. The number of nitrogens with one attached hydrogen (secondary N) is 1. The Morgan fingerprint density at radius 2 is 2.07 bits per heavy atom. The maximum atomic E-state index is 11.6. The predicted molar refractivity (Wildman–Crippen MR) is 59.4 cm³/mol. The zero-order valence-electron chi connectivity index (χ0n) is 9.46. The van der Waals surface area contributed by atoms with Crippen LogP contribution in [0.5, 0.6) is 0 Å². The first-order valence-corrected chi connectivity index (χ1v) is 5.84. The highest BCUT2D eigenvalue weighted by Gasteiger charge is 2.40. The average molecular weight is 211 g/mol. The summed E-state index contributed by atoms with van der Waals surface area (Å²) in [5.74, 6) is 0.143. The van der Waals surface area contributed by atoms with Crippen molar-refractivity contribution in [3.05, 3.63) is 0 Å². The van der Waals surface area contributed by atoms with Gasteiger partial charge in [0.25, 0.3) is 0 Å². The Bertz CT molecular complexity index is 242. The van der Waals surface area contributed by atoms with Gasteiger partial charge in [0, 0.05) is 18.0 Å². The smallest absolute Gasteiger partial charge is 0.222 e. The lowest BCUT2D eigenvalue weighted by molar-refractivity contribution is -0.122. The molecule has 2 rings (SSSR count). The van der Waals surface area contributed by atoms with Crippen LogP contribution in [-0.2, 0) is 4.79 Å². The molecule has 4 nitrogen and oxygen atoms in total. The lowest BCUT2D eigenvalue weighted by Crippen LogP contribution is -2.45. The highest BCUT2D eigenvalue weighted by Crippen LogP contribution is 2.35. The molecule has 0 aromatic heterocycles. The molecule has 0 atom stereocenters. The van der Waals surface area contributed by atoms with E-state index in [1.807, 2.05) is 0 Å². The van der Waals surface area contributed by atoms with Crippen molar-refractivity contribution in [1.29, 1.82) is 0 Å². The Morgan fingerprint density at radius 1 is 1.47 bits per heavy atom. The van der Waals surface area contributed by atoms with E-state index in [4.69, 9.17) is 5.73 Å². The molecule has 0 spiro atoms. The van der Waals surface area contributed by atoms with E-state index in [0.717, 1.165) is 38.8 Å². The number of rotatable bonds is 3. The molecule has 1 amide bonds. The van der Waals surface area contributed by atoms with Crippen LogP contribution in [0.15, 0.2) is 0 Å². The van der Waals surface area contributed by atoms with Crippen molar-refractivity contribution in [3.8, 4) is 0 Å². The highest BCUT2D eigenvalue weighted by molar-refractivity contribution is 5.78. The lowest BCUT2D eigenvalue weighted by Gasteiger charge is -2.29. The van der Waals surface area contributed by atoms with Gasteiger partial charge >= 0.3 is 0 Å². The van der Waals surface area contributed by atoms with Gasteiger partial charge < -0.3 is 16.0 Å². The summed E-state index contributed by atoms with van der Waals surface area (Å²) in [7, 11) is 2.12. The van der Waals surface area contributed by atoms with E-state index in [0.29, 0.717) is 12.5 Å². The van der Waals surface area contributed by atoms with Crippen molar-refractivity contribution in [2.24, 2.45) is 5.73 Å². The molecule has 0 unspecified atom stereocenters. The van der Waals surface area contributed by atoms with E-state index in [2.05, 4.69) is 17.3 Å². The number of carbonyl (C=O) groups excluding carboxylic acids is 1. The fourth-order valence-corrected chi connectivity index (χ4v) is 2.09. The maximum absolute atomic E-state index is 11.6. The molecule has 0 bridgehead atoms. The number of nitrogens with zero attached hydrogens (tertiary/aromatic N) is 1. The minimum absolute atomic E-state index is 0.143. The van der Waals surface area contributed by atoms with Crippen LogP contribution in [0.25, 0.3) is 0 Å². The molecular weight excluding hydrogens is 190 g/mol. The van der Waals surface area contributed by atoms with Gasteiger partial charge in [-0.15, -0.1) is 0 Å². The molecule has 2 aliphatic rings.